The lowest BCUT2D eigenvalue weighted by atomic mass is 10.0. The van der Waals surface area contributed by atoms with Gasteiger partial charge in [-0.2, -0.15) is 0 Å². The van der Waals surface area contributed by atoms with Gasteiger partial charge in [0.2, 0.25) is 0 Å². The van der Waals surface area contributed by atoms with Gasteiger partial charge in [-0.1, -0.05) is 84.0 Å². The molecule has 0 saturated carbocycles. The maximum atomic E-state index is 11.3. The Bertz CT molecular complexity index is 213. The van der Waals surface area contributed by atoms with Crippen molar-refractivity contribution in [1.82, 2.24) is 0 Å². The first-order chi connectivity index (χ1) is 9.68. The van der Waals surface area contributed by atoms with E-state index in [2.05, 4.69) is 6.92 Å². The summed E-state index contributed by atoms with van der Waals surface area (Å²) < 4.78 is 0. The van der Waals surface area contributed by atoms with Gasteiger partial charge in [-0.25, -0.2) is 0 Å². The van der Waals surface area contributed by atoms with Crippen LogP contribution in [0.4, 0.5) is 0 Å². The van der Waals surface area contributed by atoms with Gasteiger partial charge in [-0.3, -0.25) is 4.79 Å². The molecule has 0 bridgehead atoms. The minimum absolute atomic E-state index is 0.216. The molecule has 0 aromatic rings. The third kappa shape index (κ3) is 14.0. The van der Waals surface area contributed by atoms with Crippen LogP contribution in [0.3, 0.4) is 0 Å². The van der Waals surface area contributed by atoms with Crippen molar-refractivity contribution < 1.29 is 4.79 Å². The van der Waals surface area contributed by atoms with Crippen LogP contribution in [-0.4, -0.2) is 11.8 Å². The molecule has 0 aliphatic heterocycles. The second-order valence-electron chi connectivity index (χ2n) is 6.25. The van der Waals surface area contributed by atoms with Crippen molar-refractivity contribution in [3.8, 4) is 0 Å². The fraction of sp³-hybridized carbons (Fsp3) is 0.944. The molecular formula is C18H37NO. The normalized spacial score (nSPS) is 12.6. The van der Waals surface area contributed by atoms with Crippen LogP contribution in [0, 0.1) is 0 Å². The molecular weight excluding hydrogens is 246 g/mol. The predicted molar refractivity (Wildman–Crippen MR) is 89.0 cm³/mol. The van der Waals surface area contributed by atoms with Gasteiger partial charge >= 0.3 is 0 Å². The molecule has 0 aliphatic carbocycles. The minimum Gasteiger partial charge on any atom is -0.322 e. The summed E-state index contributed by atoms with van der Waals surface area (Å²) in [4.78, 5) is 11.3. The highest BCUT2D eigenvalue weighted by Gasteiger charge is 2.05. The summed E-state index contributed by atoms with van der Waals surface area (Å²) in [6.45, 7) is 4.05. The zero-order chi connectivity index (χ0) is 15.1. The van der Waals surface area contributed by atoms with E-state index in [-0.39, 0.29) is 11.8 Å². The summed E-state index contributed by atoms with van der Waals surface area (Å²) in [6, 6.07) is -0.271. The van der Waals surface area contributed by atoms with Gasteiger partial charge in [-0.05, 0) is 13.3 Å². The van der Waals surface area contributed by atoms with Crippen LogP contribution < -0.4 is 5.73 Å². The van der Waals surface area contributed by atoms with Gasteiger partial charge in [0, 0.05) is 6.42 Å². The number of hydrogen-bond acceptors (Lipinski definition) is 2. The fourth-order valence-corrected chi connectivity index (χ4v) is 2.54. The zero-order valence-corrected chi connectivity index (χ0v) is 14.0. The maximum Gasteiger partial charge on any atom is 0.149 e. The maximum absolute atomic E-state index is 11.3. The topological polar surface area (TPSA) is 43.1 Å². The van der Waals surface area contributed by atoms with Crippen LogP contribution in [0.2, 0.25) is 0 Å². The second-order valence-corrected chi connectivity index (χ2v) is 6.25. The van der Waals surface area contributed by atoms with Crippen LogP contribution in [0.1, 0.15) is 104 Å². The van der Waals surface area contributed by atoms with Crippen molar-refractivity contribution in [3.05, 3.63) is 0 Å². The summed E-state index contributed by atoms with van der Waals surface area (Å²) in [5, 5.41) is 0. The lowest BCUT2D eigenvalue weighted by Gasteiger charge is -2.04. The molecule has 2 N–H and O–H groups in total. The molecule has 0 aliphatic rings. The predicted octanol–water partition coefficient (Wildman–Crippen LogP) is 5.38. The van der Waals surface area contributed by atoms with Crippen molar-refractivity contribution in [2.45, 2.75) is 110 Å². The first kappa shape index (κ1) is 19.6. The summed E-state index contributed by atoms with van der Waals surface area (Å²) in [7, 11) is 0. The highest BCUT2D eigenvalue weighted by atomic mass is 16.1. The quantitative estimate of drug-likeness (QED) is 0.410. The van der Waals surface area contributed by atoms with Crippen LogP contribution in [0.25, 0.3) is 0 Å². The first-order valence-electron chi connectivity index (χ1n) is 8.96. The Labute approximate surface area is 126 Å². The van der Waals surface area contributed by atoms with Gasteiger partial charge in [0.05, 0.1) is 6.04 Å². The second kappa shape index (κ2) is 15.0. The van der Waals surface area contributed by atoms with E-state index in [9.17, 15) is 4.79 Å². The van der Waals surface area contributed by atoms with Crippen LogP contribution in [0.5, 0.6) is 0 Å². The van der Waals surface area contributed by atoms with E-state index in [0.717, 1.165) is 6.42 Å². The smallest absolute Gasteiger partial charge is 0.149 e. The highest BCUT2D eigenvalue weighted by Crippen LogP contribution is 2.13. The van der Waals surface area contributed by atoms with Crippen molar-refractivity contribution in [3.63, 3.8) is 0 Å². The molecule has 0 fully saturated rings. The molecule has 0 aromatic carbocycles. The highest BCUT2D eigenvalue weighted by molar-refractivity contribution is 5.83. The van der Waals surface area contributed by atoms with Gasteiger partial charge in [0.25, 0.3) is 0 Å². The molecule has 0 amide bonds. The third-order valence-electron chi connectivity index (χ3n) is 4.03. The average molecular weight is 283 g/mol. The molecule has 120 valence electrons. The Morgan fingerprint density at radius 2 is 1.10 bits per heavy atom. The number of rotatable bonds is 15. The van der Waals surface area contributed by atoms with Gasteiger partial charge in [-0.15, -0.1) is 0 Å². The monoisotopic (exact) mass is 283 g/mol. The standard InChI is InChI=1S/C18H37NO/c1-3-4-5-6-7-8-9-10-11-12-13-14-15-16-18(20)17(2)19/h17H,3-16,19H2,1-2H3. The summed E-state index contributed by atoms with van der Waals surface area (Å²) in [5.41, 5.74) is 5.53. The Balaban J connectivity index is 3.04. The van der Waals surface area contributed by atoms with Crippen LogP contribution >= 0.6 is 0 Å². The Hall–Kier alpha value is -0.370. The number of carbonyl (C=O) groups excluding carboxylic acids is 1. The van der Waals surface area contributed by atoms with Crippen molar-refractivity contribution in [1.29, 1.82) is 0 Å². The number of ketones is 1. The van der Waals surface area contributed by atoms with E-state index < -0.39 is 0 Å². The molecule has 20 heavy (non-hydrogen) atoms. The molecule has 2 heteroatoms. The van der Waals surface area contributed by atoms with E-state index >= 15 is 0 Å². The number of unbranched alkanes of at least 4 members (excludes halogenated alkanes) is 12. The molecule has 0 heterocycles. The first-order valence-corrected chi connectivity index (χ1v) is 8.96. The molecule has 0 spiro atoms. The van der Waals surface area contributed by atoms with Gasteiger partial charge < -0.3 is 5.73 Å². The van der Waals surface area contributed by atoms with Crippen LogP contribution in [0.15, 0.2) is 0 Å². The van der Waals surface area contributed by atoms with Gasteiger partial charge in [0.15, 0.2) is 0 Å². The van der Waals surface area contributed by atoms with Crippen molar-refractivity contribution in [2.24, 2.45) is 5.73 Å². The van der Waals surface area contributed by atoms with Gasteiger partial charge in [0.1, 0.15) is 5.78 Å². The molecule has 1 unspecified atom stereocenters. The van der Waals surface area contributed by atoms with E-state index in [4.69, 9.17) is 5.73 Å². The summed E-state index contributed by atoms with van der Waals surface area (Å²) in [5.74, 6) is 0.216. The Morgan fingerprint density at radius 3 is 1.45 bits per heavy atom. The van der Waals surface area contributed by atoms with E-state index in [1.54, 1.807) is 6.92 Å². The lowest BCUT2D eigenvalue weighted by molar-refractivity contribution is -0.120. The Morgan fingerprint density at radius 1 is 0.750 bits per heavy atom. The average Bonchev–Trinajstić information content (AvgIpc) is 2.43. The molecule has 0 rings (SSSR count). The molecule has 0 aromatic heterocycles. The summed E-state index contributed by atoms with van der Waals surface area (Å²) >= 11 is 0. The number of nitrogens with two attached hydrogens (primary N) is 1. The zero-order valence-electron chi connectivity index (χ0n) is 14.0. The minimum atomic E-state index is -0.271. The van der Waals surface area contributed by atoms with E-state index in [1.807, 2.05) is 0 Å². The summed E-state index contributed by atoms with van der Waals surface area (Å²) in [6.07, 6.45) is 18.1. The number of hydrogen-bond donors (Lipinski definition) is 1. The van der Waals surface area contributed by atoms with E-state index in [0.29, 0.717) is 6.42 Å². The largest absolute Gasteiger partial charge is 0.322 e. The molecule has 0 saturated heterocycles. The molecule has 1 atom stereocenters. The van der Waals surface area contributed by atoms with Crippen LogP contribution in [-0.2, 0) is 4.79 Å². The van der Waals surface area contributed by atoms with E-state index in [1.165, 1.54) is 77.0 Å². The molecule has 0 radical (unpaired) electrons. The van der Waals surface area contributed by atoms with Crippen molar-refractivity contribution >= 4 is 5.78 Å². The SMILES string of the molecule is CCCCCCCCCCCCCCCC(=O)C(C)N. The fourth-order valence-electron chi connectivity index (χ4n) is 2.54. The third-order valence-corrected chi connectivity index (χ3v) is 4.03. The van der Waals surface area contributed by atoms with Crippen molar-refractivity contribution in [2.75, 3.05) is 0 Å². The number of Topliss-reactive ketones (excluding diaryl/α,β-unsaturated/α-hetero) is 1. The number of carbonyl (C=O) groups is 1. The Kier molecular flexibility index (Phi) is 14.7. The lowest BCUT2D eigenvalue weighted by Crippen LogP contribution is -2.26. The molecule has 2 nitrogen and oxygen atoms in total.